The molecular weight excluding hydrogens is 494 g/mol. The smallest absolute Gasteiger partial charge is 0.338 e. The van der Waals surface area contributed by atoms with Crippen LogP contribution >= 0.6 is 11.3 Å². The molecule has 0 fully saturated rings. The summed E-state index contributed by atoms with van der Waals surface area (Å²) in [5.74, 6) is -0.0791. The van der Waals surface area contributed by atoms with Crippen molar-refractivity contribution >= 4 is 34.3 Å². The molecule has 0 N–H and O–H groups in total. The lowest BCUT2D eigenvalue weighted by Gasteiger charge is -2.25. The van der Waals surface area contributed by atoms with Crippen LogP contribution < -0.4 is 14.9 Å². The zero-order valence-corrected chi connectivity index (χ0v) is 22.9. The molecule has 4 aromatic rings. The van der Waals surface area contributed by atoms with Gasteiger partial charge in [-0.25, -0.2) is 9.79 Å². The zero-order chi connectivity index (χ0) is 27.0. The molecule has 3 heterocycles. The van der Waals surface area contributed by atoms with Gasteiger partial charge in [0.05, 0.1) is 28.5 Å². The van der Waals surface area contributed by atoms with Crippen molar-refractivity contribution < 1.29 is 9.53 Å². The van der Waals surface area contributed by atoms with Gasteiger partial charge in [-0.15, -0.1) is 6.58 Å². The molecule has 194 valence electrons. The summed E-state index contributed by atoms with van der Waals surface area (Å²) in [6.45, 7) is 12.6. The fraction of sp³-hybridized carbons (Fsp3) is 0.258. The molecule has 1 atom stereocenters. The molecule has 2 aromatic heterocycles. The number of benzene rings is 2. The fourth-order valence-electron chi connectivity index (χ4n) is 4.99. The standard InChI is InChI=1S/C31H31N3O3S/c1-6-16-33-18-23(24-10-8-9-11-25(24)33)17-26-29(35)34-28(22-14-12-21(13-15-22)19(3)4)27(30(36)37-7-2)20(5)32-31(34)38-26/h6,8-15,17-19,28H,1,7,16H2,2-5H3/b26-17+/t28-/m1/s1. The van der Waals surface area contributed by atoms with Gasteiger partial charge < -0.3 is 9.30 Å². The summed E-state index contributed by atoms with van der Waals surface area (Å²) in [4.78, 5) is 32.4. The van der Waals surface area contributed by atoms with Gasteiger partial charge in [0.15, 0.2) is 4.80 Å². The average Bonchev–Trinajstić information content (AvgIpc) is 3.40. The number of ether oxygens (including phenoxy) is 1. The van der Waals surface area contributed by atoms with Crippen LogP contribution in [0.2, 0.25) is 0 Å². The third-order valence-electron chi connectivity index (χ3n) is 6.87. The second-order valence-corrected chi connectivity index (χ2v) is 10.7. The van der Waals surface area contributed by atoms with E-state index >= 15 is 0 Å². The topological polar surface area (TPSA) is 65.6 Å². The van der Waals surface area contributed by atoms with Crippen molar-refractivity contribution in [1.29, 1.82) is 0 Å². The Morgan fingerprint density at radius 3 is 2.61 bits per heavy atom. The molecule has 0 radical (unpaired) electrons. The van der Waals surface area contributed by atoms with E-state index in [0.717, 1.165) is 22.0 Å². The van der Waals surface area contributed by atoms with E-state index in [0.29, 0.717) is 33.1 Å². The largest absolute Gasteiger partial charge is 0.463 e. The van der Waals surface area contributed by atoms with Gasteiger partial charge in [0.1, 0.15) is 0 Å². The molecule has 38 heavy (non-hydrogen) atoms. The highest BCUT2D eigenvalue weighted by atomic mass is 32.1. The molecule has 1 aliphatic heterocycles. The minimum atomic E-state index is -0.615. The maximum atomic E-state index is 14.0. The number of carbonyl (C=O) groups is 1. The van der Waals surface area contributed by atoms with E-state index in [1.807, 2.05) is 49.5 Å². The van der Waals surface area contributed by atoms with Gasteiger partial charge in [-0.3, -0.25) is 9.36 Å². The van der Waals surface area contributed by atoms with E-state index in [-0.39, 0.29) is 12.2 Å². The van der Waals surface area contributed by atoms with Gasteiger partial charge >= 0.3 is 5.97 Å². The van der Waals surface area contributed by atoms with Crippen LogP contribution in [-0.4, -0.2) is 21.7 Å². The molecule has 6 nitrogen and oxygen atoms in total. The monoisotopic (exact) mass is 525 g/mol. The number of hydrogen-bond donors (Lipinski definition) is 0. The number of carbonyl (C=O) groups excluding carboxylic acids is 1. The molecule has 0 amide bonds. The van der Waals surface area contributed by atoms with Crippen LogP contribution in [0.15, 0.2) is 88.4 Å². The first-order chi connectivity index (χ1) is 18.3. The number of fused-ring (bicyclic) bond motifs is 2. The highest BCUT2D eigenvalue weighted by Gasteiger charge is 2.33. The van der Waals surface area contributed by atoms with E-state index in [1.54, 1.807) is 11.5 Å². The van der Waals surface area contributed by atoms with Crippen molar-refractivity contribution in [3.8, 4) is 0 Å². The van der Waals surface area contributed by atoms with Crippen LogP contribution in [0.25, 0.3) is 17.0 Å². The fourth-order valence-corrected chi connectivity index (χ4v) is 6.03. The first kappa shape index (κ1) is 25.7. The summed E-state index contributed by atoms with van der Waals surface area (Å²) in [5, 5.41) is 1.06. The third-order valence-corrected chi connectivity index (χ3v) is 7.85. The number of esters is 1. The van der Waals surface area contributed by atoms with Crippen molar-refractivity contribution in [1.82, 2.24) is 9.13 Å². The molecule has 5 rings (SSSR count). The van der Waals surface area contributed by atoms with E-state index in [4.69, 9.17) is 9.73 Å². The number of hydrogen-bond acceptors (Lipinski definition) is 5. The lowest BCUT2D eigenvalue weighted by atomic mass is 9.93. The molecule has 0 saturated carbocycles. The molecule has 0 spiro atoms. The summed E-state index contributed by atoms with van der Waals surface area (Å²) < 4.78 is 9.73. The summed E-state index contributed by atoms with van der Waals surface area (Å²) in [6, 6.07) is 15.6. The van der Waals surface area contributed by atoms with E-state index in [2.05, 4.69) is 49.3 Å². The molecule has 1 aliphatic rings. The Bertz CT molecular complexity index is 1750. The number of thiazole rings is 1. The zero-order valence-electron chi connectivity index (χ0n) is 22.1. The van der Waals surface area contributed by atoms with Gasteiger partial charge in [-0.1, -0.05) is 73.7 Å². The summed E-state index contributed by atoms with van der Waals surface area (Å²) in [7, 11) is 0. The lowest BCUT2D eigenvalue weighted by molar-refractivity contribution is -0.139. The highest BCUT2D eigenvalue weighted by molar-refractivity contribution is 7.07. The Kier molecular flexibility index (Phi) is 7.04. The van der Waals surface area contributed by atoms with Crippen molar-refractivity contribution in [2.45, 2.75) is 46.2 Å². The molecule has 0 saturated heterocycles. The Morgan fingerprint density at radius 1 is 1.18 bits per heavy atom. The van der Waals surface area contributed by atoms with Crippen molar-refractivity contribution in [3.05, 3.63) is 115 Å². The van der Waals surface area contributed by atoms with Crippen LogP contribution in [0.1, 0.15) is 56.3 Å². The van der Waals surface area contributed by atoms with Crippen molar-refractivity contribution in [2.24, 2.45) is 4.99 Å². The van der Waals surface area contributed by atoms with Gasteiger partial charge in [-0.2, -0.15) is 0 Å². The third kappa shape index (κ3) is 4.47. The van der Waals surface area contributed by atoms with Crippen LogP contribution in [0, 0.1) is 0 Å². The highest BCUT2D eigenvalue weighted by Crippen LogP contribution is 2.31. The number of nitrogens with zero attached hydrogens (tertiary/aromatic N) is 3. The molecular formula is C31H31N3O3S. The predicted octanol–water partition coefficient (Wildman–Crippen LogP) is 5.06. The predicted molar refractivity (Wildman–Crippen MR) is 153 cm³/mol. The Balaban J connectivity index is 1.72. The van der Waals surface area contributed by atoms with Crippen LogP contribution in [-0.2, 0) is 16.1 Å². The quantitative estimate of drug-likeness (QED) is 0.250. The SMILES string of the molecule is C=CCn1cc(/C=c2/sc3n(c2=O)[C@H](c2ccc(C(C)C)cc2)C(C(=O)OCC)=C(C)N=3)c2ccccc21. The normalized spacial score (nSPS) is 15.6. The van der Waals surface area contributed by atoms with Crippen molar-refractivity contribution in [3.63, 3.8) is 0 Å². The molecule has 2 aromatic carbocycles. The van der Waals surface area contributed by atoms with Crippen LogP contribution in [0.4, 0.5) is 0 Å². The van der Waals surface area contributed by atoms with E-state index < -0.39 is 12.0 Å². The van der Waals surface area contributed by atoms with Crippen molar-refractivity contribution in [2.75, 3.05) is 6.61 Å². The number of aromatic nitrogens is 2. The summed E-state index contributed by atoms with van der Waals surface area (Å²) in [5.41, 5.74) is 4.85. The van der Waals surface area contributed by atoms with E-state index in [9.17, 15) is 9.59 Å². The molecule has 0 unspecified atom stereocenters. The maximum Gasteiger partial charge on any atom is 0.338 e. The van der Waals surface area contributed by atoms with Gasteiger partial charge in [-0.05, 0) is 43.0 Å². The number of para-hydroxylation sites is 1. The Labute approximate surface area is 225 Å². The Morgan fingerprint density at radius 2 is 1.92 bits per heavy atom. The number of rotatable bonds is 7. The molecule has 7 heteroatoms. The number of allylic oxidation sites excluding steroid dienone is 2. The summed E-state index contributed by atoms with van der Waals surface area (Å²) >= 11 is 1.34. The molecule has 0 bridgehead atoms. The minimum Gasteiger partial charge on any atom is -0.463 e. The van der Waals surface area contributed by atoms with Gasteiger partial charge in [0, 0.05) is 29.2 Å². The minimum absolute atomic E-state index is 0.179. The first-order valence-corrected chi connectivity index (χ1v) is 13.6. The van der Waals surface area contributed by atoms with Gasteiger partial charge in [0.25, 0.3) is 5.56 Å². The summed E-state index contributed by atoms with van der Waals surface area (Å²) in [6.07, 6.45) is 5.82. The van der Waals surface area contributed by atoms with E-state index in [1.165, 1.54) is 16.9 Å². The average molecular weight is 526 g/mol. The lowest BCUT2D eigenvalue weighted by Crippen LogP contribution is -2.39. The molecule has 0 aliphatic carbocycles. The first-order valence-electron chi connectivity index (χ1n) is 12.8. The second-order valence-electron chi connectivity index (χ2n) is 9.67. The van der Waals surface area contributed by atoms with Gasteiger partial charge in [0.2, 0.25) is 0 Å². The van der Waals surface area contributed by atoms with Crippen LogP contribution in [0.5, 0.6) is 0 Å². The Hall–Kier alpha value is -3.97. The van der Waals surface area contributed by atoms with Crippen LogP contribution in [0.3, 0.4) is 0 Å². The maximum absolute atomic E-state index is 14.0. The second kappa shape index (κ2) is 10.4.